The number of rotatable bonds is 7. The fourth-order valence-electron chi connectivity index (χ4n) is 2.05. The van der Waals surface area contributed by atoms with Crippen LogP contribution in [-0.2, 0) is 4.74 Å². The zero-order valence-corrected chi connectivity index (χ0v) is 12.2. The number of hydrogen-bond donors (Lipinski definition) is 1. The van der Waals surface area contributed by atoms with Crippen molar-refractivity contribution in [2.45, 2.75) is 45.4 Å². The van der Waals surface area contributed by atoms with Gasteiger partial charge in [0.2, 0.25) is 0 Å². The summed E-state index contributed by atoms with van der Waals surface area (Å²) in [7, 11) is 5.36. The number of nitrogens with one attached hydrogen (secondary N) is 1. The molecule has 1 heterocycles. The maximum absolute atomic E-state index is 5.41. The topological polar surface area (TPSA) is 48.3 Å². The molecule has 1 rings (SSSR count). The molecule has 1 N–H and O–H groups in total. The number of nitrogens with zero attached hydrogens (tertiary/aromatic N) is 2. The predicted octanol–water partition coefficient (Wildman–Crippen LogP) is 2.16. The van der Waals surface area contributed by atoms with Crippen LogP contribution in [-0.4, -0.2) is 37.2 Å². The Bertz CT molecular complexity index is 363. The van der Waals surface area contributed by atoms with Crippen LogP contribution in [0.25, 0.3) is 0 Å². The SMILES string of the molecule is CNC(CC(C)OC)c1c(OC)cnn1C(C)C. The summed E-state index contributed by atoms with van der Waals surface area (Å²) in [5.41, 5.74) is 1.08. The minimum atomic E-state index is 0.166. The van der Waals surface area contributed by atoms with Crippen LogP contribution < -0.4 is 10.1 Å². The largest absolute Gasteiger partial charge is 0.493 e. The number of hydrogen-bond acceptors (Lipinski definition) is 4. The van der Waals surface area contributed by atoms with Crippen molar-refractivity contribution in [2.24, 2.45) is 0 Å². The normalized spacial score (nSPS) is 14.8. The lowest BCUT2D eigenvalue weighted by Gasteiger charge is -2.23. The molecule has 2 unspecified atom stereocenters. The molecular weight excluding hydrogens is 230 g/mol. The van der Waals surface area contributed by atoms with Crippen molar-refractivity contribution in [1.29, 1.82) is 0 Å². The molecule has 18 heavy (non-hydrogen) atoms. The second kappa shape index (κ2) is 6.75. The molecule has 0 aliphatic carbocycles. The van der Waals surface area contributed by atoms with E-state index in [1.165, 1.54) is 0 Å². The van der Waals surface area contributed by atoms with E-state index in [0.29, 0.717) is 6.04 Å². The van der Waals surface area contributed by atoms with E-state index >= 15 is 0 Å². The van der Waals surface area contributed by atoms with E-state index in [2.05, 4.69) is 31.2 Å². The molecule has 0 spiro atoms. The fourth-order valence-corrected chi connectivity index (χ4v) is 2.05. The van der Waals surface area contributed by atoms with Gasteiger partial charge in [-0.2, -0.15) is 5.10 Å². The first kappa shape index (κ1) is 15.0. The third kappa shape index (κ3) is 3.23. The van der Waals surface area contributed by atoms with E-state index in [0.717, 1.165) is 17.9 Å². The number of methoxy groups -OCH3 is 2. The van der Waals surface area contributed by atoms with Crippen molar-refractivity contribution in [3.63, 3.8) is 0 Å². The molecule has 0 saturated heterocycles. The van der Waals surface area contributed by atoms with Crippen molar-refractivity contribution < 1.29 is 9.47 Å². The molecule has 0 radical (unpaired) electrons. The van der Waals surface area contributed by atoms with Crippen molar-refractivity contribution >= 4 is 0 Å². The molecule has 5 heteroatoms. The highest BCUT2D eigenvalue weighted by Crippen LogP contribution is 2.30. The molecule has 1 aromatic heterocycles. The van der Waals surface area contributed by atoms with Gasteiger partial charge in [0.05, 0.1) is 31.1 Å². The summed E-state index contributed by atoms with van der Waals surface area (Å²) in [4.78, 5) is 0. The van der Waals surface area contributed by atoms with Crippen LogP contribution in [0, 0.1) is 0 Å². The number of ether oxygens (including phenoxy) is 2. The van der Waals surface area contributed by atoms with Gasteiger partial charge in [0.25, 0.3) is 0 Å². The summed E-state index contributed by atoms with van der Waals surface area (Å²) in [5.74, 6) is 0.825. The molecule has 0 bridgehead atoms. The van der Waals surface area contributed by atoms with E-state index in [1.54, 1.807) is 20.4 Å². The van der Waals surface area contributed by atoms with Gasteiger partial charge in [-0.15, -0.1) is 0 Å². The summed E-state index contributed by atoms with van der Waals surface area (Å²) in [6.45, 7) is 6.29. The second-order valence-corrected chi connectivity index (χ2v) is 4.76. The van der Waals surface area contributed by atoms with Crippen LogP contribution >= 0.6 is 0 Å². The first-order valence-corrected chi connectivity index (χ1v) is 6.36. The molecular formula is C13H25N3O2. The van der Waals surface area contributed by atoms with Crippen molar-refractivity contribution in [1.82, 2.24) is 15.1 Å². The van der Waals surface area contributed by atoms with Crippen molar-refractivity contribution in [3.05, 3.63) is 11.9 Å². The van der Waals surface area contributed by atoms with Gasteiger partial charge in [0.1, 0.15) is 0 Å². The quantitative estimate of drug-likeness (QED) is 0.811. The van der Waals surface area contributed by atoms with Crippen LogP contribution in [0.15, 0.2) is 6.20 Å². The highest BCUT2D eigenvalue weighted by molar-refractivity contribution is 5.28. The third-order valence-electron chi connectivity index (χ3n) is 3.16. The van der Waals surface area contributed by atoms with Gasteiger partial charge in [-0.25, -0.2) is 0 Å². The summed E-state index contributed by atoms with van der Waals surface area (Å²) >= 11 is 0. The summed E-state index contributed by atoms with van der Waals surface area (Å²) in [6, 6.07) is 0.470. The summed E-state index contributed by atoms with van der Waals surface area (Å²) in [6.07, 6.45) is 2.83. The molecule has 1 aromatic rings. The molecule has 104 valence electrons. The van der Waals surface area contributed by atoms with Crippen LogP contribution in [0.1, 0.15) is 45.0 Å². The molecule has 5 nitrogen and oxygen atoms in total. The second-order valence-electron chi connectivity index (χ2n) is 4.76. The molecule has 0 saturated carbocycles. The maximum Gasteiger partial charge on any atom is 0.161 e. The maximum atomic E-state index is 5.41. The Morgan fingerprint density at radius 2 is 2.00 bits per heavy atom. The van der Waals surface area contributed by atoms with Gasteiger partial charge in [-0.3, -0.25) is 4.68 Å². The van der Waals surface area contributed by atoms with E-state index in [-0.39, 0.29) is 12.1 Å². The predicted molar refractivity (Wildman–Crippen MR) is 72.1 cm³/mol. The Kier molecular flexibility index (Phi) is 5.62. The van der Waals surface area contributed by atoms with Crippen LogP contribution in [0.4, 0.5) is 0 Å². The van der Waals surface area contributed by atoms with E-state index < -0.39 is 0 Å². The highest BCUT2D eigenvalue weighted by Gasteiger charge is 2.23. The molecule has 0 aliphatic rings. The standard InChI is InChI=1S/C13H25N3O2/c1-9(2)16-13(12(18-6)8-15-16)11(14-4)7-10(3)17-5/h8-11,14H,7H2,1-6H3. The van der Waals surface area contributed by atoms with Crippen LogP contribution in [0.2, 0.25) is 0 Å². The molecule has 2 atom stereocenters. The van der Waals surface area contributed by atoms with Gasteiger partial charge in [-0.1, -0.05) is 0 Å². The van der Waals surface area contributed by atoms with Crippen LogP contribution in [0.5, 0.6) is 5.75 Å². The highest BCUT2D eigenvalue weighted by atomic mass is 16.5. The lowest BCUT2D eigenvalue weighted by molar-refractivity contribution is 0.0997. The Balaban J connectivity index is 3.05. The lowest BCUT2D eigenvalue weighted by atomic mass is 10.1. The lowest BCUT2D eigenvalue weighted by Crippen LogP contribution is -2.25. The van der Waals surface area contributed by atoms with Gasteiger partial charge < -0.3 is 14.8 Å². The van der Waals surface area contributed by atoms with E-state index in [4.69, 9.17) is 9.47 Å². The molecule has 0 fully saturated rings. The Morgan fingerprint density at radius 1 is 1.33 bits per heavy atom. The monoisotopic (exact) mass is 255 g/mol. The first-order chi connectivity index (χ1) is 8.54. The zero-order valence-electron chi connectivity index (χ0n) is 12.2. The number of aromatic nitrogens is 2. The minimum Gasteiger partial charge on any atom is -0.493 e. The zero-order chi connectivity index (χ0) is 13.7. The Hall–Kier alpha value is -1.07. The first-order valence-electron chi connectivity index (χ1n) is 6.36. The fraction of sp³-hybridized carbons (Fsp3) is 0.769. The third-order valence-corrected chi connectivity index (χ3v) is 3.16. The summed E-state index contributed by atoms with van der Waals surface area (Å²) < 4.78 is 12.8. The van der Waals surface area contributed by atoms with Gasteiger partial charge in [0.15, 0.2) is 5.75 Å². The van der Waals surface area contributed by atoms with Gasteiger partial charge >= 0.3 is 0 Å². The van der Waals surface area contributed by atoms with E-state index in [1.807, 2.05) is 11.7 Å². The Labute approximate surface area is 109 Å². The van der Waals surface area contributed by atoms with Gasteiger partial charge in [0, 0.05) is 13.2 Å². The minimum absolute atomic E-state index is 0.166. The molecule has 0 aromatic carbocycles. The van der Waals surface area contributed by atoms with Crippen LogP contribution in [0.3, 0.4) is 0 Å². The van der Waals surface area contributed by atoms with E-state index in [9.17, 15) is 0 Å². The summed E-state index contributed by atoms with van der Waals surface area (Å²) in [5, 5.41) is 7.72. The Morgan fingerprint density at radius 3 is 2.44 bits per heavy atom. The average Bonchev–Trinajstić information content (AvgIpc) is 2.79. The van der Waals surface area contributed by atoms with Gasteiger partial charge in [-0.05, 0) is 34.2 Å². The smallest absolute Gasteiger partial charge is 0.161 e. The van der Waals surface area contributed by atoms with Crippen molar-refractivity contribution in [2.75, 3.05) is 21.3 Å². The molecule has 0 amide bonds. The average molecular weight is 255 g/mol. The van der Waals surface area contributed by atoms with Crippen molar-refractivity contribution in [3.8, 4) is 5.75 Å². The molecule has 0 aliphatic heterocycles.